The van der Waals surface area contributed by atoms with Crippen LogP contribution in [0.3, 0.4) is 0 Å². The van der Waals surface area contributed by atoms with Gasteiger partial charge in [-0.2, -0.15) is 9.78 Å². The zero-order valence-corrected chi connectivity index (χ0v) is 18.6. The summed E-state index contributed by atoms with van der Waals surface area (Å²) >= 11 is 11.6. The first-order chi connectivity index (χ1) is 15.3. The second-order valence-corrected chi connectivity index (χ2v) is 9.03. The Hall–Kier alpha value is -3.33. The fraction of sp³-hybridized carbons (Fsp3) is 0. The first-order valence-corrected chi connectivity index (χ1v) is 11.5. The van der Waals surface area contributed by atoms with Gasteiger partial charge in [-0.25, -0.2) is 8.42 Å². The molecule has 0 spiro atoms. The molecule has 0 saturated heterocycles. The number of rotatable bonds is 6. The molecule has 0 aliphatic carbocycles. The summed E-state index contributed by atoms with van der Waals surface area (Å²) in [5.74, 6) is 1.25. The molecule has 0 unspecified atom stereocenters. The van der Waals surface area contributed by atoms with Gasteiger partial charge in [0.2, 0.25) is 0 Å². The van der Waals surface area contributed by atoms with E-state index in [9.17, 15) is 13.2 Å². The molecule has 0 fully saturated rings. The van der Waals surface area contributed by atoms with Crippen molar-refractivity contribution in [2.24, 2.45) is 0 Å². The molecule has 0 radical (unpaired) electrons. The lowest BCUT2D eigenvalue weighted by molar-refractivity contribution is 0.483. The average molecular weight is 488 g/mol. The lowest BCUT2D eigenvalue weighted by Gasteiger charge is -2.11. The Morgan fingerprint density at radius 3 is 2.12 bits per heavy atom. The summed E-state index contributed by atoms with van der Waals surface area (Å²) in [5.41, 5.74) is 0.109. The molecule has 4 rings (SSSR count). The molecule has 1 heterocycles. The van der Waals surface area contributed by atoms with E-state index in [-0.39, 0.29) is 14.9 Å². The Balaban J connectivity index is 1.50. The molecular weight excluding hydrogens is 473 g/mol. The highest BCUT2D eigenvalue weighted by molar-refractivity contribution is 7.92. The molecule has 1 aromatic heterocycles. The van der Waals surface area contributed by atoms with Gasteiger partial charge in [-0.05, 0) is 60.7 Å². The van der Waals surface area contributed by atoms with Crippen LogP contribution in [0.25, 0.3) is 5.69 Å². The van der Waals surface area contributed by atoms with Crippen LogP contribution in [-0.2, 0) is 10.0 Å². The quantitative estimate of drug-likeness (QED) is 0.406. The summed E-state index contributed by atoms with van der Waals surface area (Å²) in [5, 5.41) is 3.79. The fourth-order valence-corrected chi connectivity index (χ4v) is 4.10. The number of hydrogen-bond donors (Lipinski definition) is 1. The third kappa shape index (κ3) is 4.77. The first-order valence-electron chi connectivity index (χ1n) is 9.23. The molecule has 0 amide bonds. The molecule has 1 N–H and O–H groups in total. The van der Waals surface area contributed by atoms with E-state index in [0.29, 0.717) is 22.9 Å². The summed E-state index contributed by atoms with van der Waals surface area (Å²) in [6, 6.07) is 21.4. The summed E-state index contributed by atoms with van der Waals surface area (Å²) < 4.78 is 34.7. The van der Waals surface area contributed by atoms with E-state index in [0.717, 1.165) is 4.68 Å². The maximum absolute atomic E-state index is 12.7. The van der Waals surface area contributed by atoms with E-state index < -0.39 is 15.6 Å². The van der Waals surface area contributed by atoms with Crippen molar-refractivity contribution in [3.05, 3.63) is 105 Å². The smallest absolute Gasteiger partial charge is 0.291 e. The first kappa shape index (κ1) is 21.9. The van der Waals surface area contributed by atoms with E-state index in [2.05, 4.69) is 9.82 Å². The number of benzene rings is 3. The summed E-state index contributed by atoms with van der Waals surface area (Å²) in [7, 11) is -3.85. The van der Waals surface area contributed by atoms with Gasteiger partial charge in [0.05, 0.1) is 21.8 Å². The Labute approximate surface area is 193 Å². The van der Waals surface area contributed by atoms with E-state index >= 15 is 0 Å². The number of hydrogen-bond acceptors (Lipinski definition) is 5. The topological polar surface area (TPSA) is 90.3 Å². The van der Waals surface area contributed by atoms with E-state index in [1.165, 1.54) is 30.5 Å². The second-order valence-electron chi connectivity index (χ2n) is 6.56. The second kappa shape index (κ2) is 9.04. The van der Waals surface area contributed by atoms with Crippen LogP contribution < -0.4 is 15.0 Å². The standard InChI is InChI=1S/C22H15Cl2N3O4S/c23-20-14-25-27(22(28)21(20)24)16-8-12-19(13-9-16)32(29,30)26-15-6-10-18(11-7-15)31-17-4-2-1-3-5-17/h1-14,26H. The molecule has 32 heavy (non-hydrogen) atoms. The molecule has 162 valence electrons. The molecule has 10 heteroatoms. The Kier molecular flexibility index (Phi) is 6.18. The van der Waals surface area contributed by atoms with Gasteiger partial charge in [-0.15, -0.1) is 0 Å². The van der Waals surface area contributed by atoms with Crippen LogP contribution in [0, 0.1) is 0 Å². The van der Waals surface area contributed by atoms with Gasteiger partial charge in [0.25, 0.3) is 15.6 Å². The number of nitrogens with one attached hydrogen (secondary N) is 1. The number of aromatic nitrogens is 2. The van der Waals surface area contributed by atoms with Crippen molar-refractivity contribution in [3.63, 3.8) is 0 Å². The zero-order valence-electron chi connectivity index (χ0n) is 16.3. The zero-order chi connectivity index (χ0) is 22.7. The number of ether oxygens (including phenoxy) is 1. The highest BCUT2D eigenvalue weighted by atomic mass is 35.5. The van der Waals surface area contributed by atoms with Gasteiger partial charge in [0.15, 0.2) is 0 Å². The van der Waals surface area contributed by atoms with Gasteiger partial charge in [0.1, 0.15) is 16.5 Å². The SMILES string of the molecule is O=c1c(Cl)c(Cl)cnn1-c1ccc(S(=O)(=O)Nc2ccc(Oc3ccccc3)cc2)cc1. The predicted octanol–water partition coefficient (Wildman–Crippen LogP) is 5.13. The molecule has 0 bridgehead atoms. The van der Waals surface area contributed by atoms with E-state index in [1.54, 1.807) is 24.3 Å². The van der Waals surface area contributed by atoms with Crippen LogP contribution in [-0.4, -0.2) is 18.2 Å². The van der Waals surface area contributed by atoms with Crippen LogP contribution in [0.4, 0.5) is 5.69 Å². The van der Waals surface area contributed by atoms with Crippen molar-refractivity contribution in [1.29, 1.82) is 0 Å². The van der Waals surface area contributed by atoms with Crippen molar-refractivity contribution in [3.8, 4) is 17.2 Å². The molecule has 0 aliphatic heterocycles. The van der Waals surface area contributed by atoms with Crippen molar-refractivity contribution in [2.45, 2.75) is 4.90 Å². The average Bonchev–Trinajstić information content (AvgIpc) is 2.80. The van der Waals surface area contributed by atoms with Crippen molar-refractivity contribution in [2.75, 3.05) is 4.72 Å². The Morgan fingerprint density at radius 2 is 1.47 bits per heavy atom. The van der Waals surface area contributed by atoms with Crippen molar-refractivity contribution >= 4 is 38.9 Å². The molecule has 0 aliphatic rings. The lowest BCUT2D eigenvalue weighted by Crippen LogP contribution is -2.21. The molecule has 3 aromatic carbocycles. The highest BCUT2D eigenvalue weighted by Gasteiger charge is 2.15. The maximum Gasteiger partial charge on any atom is 0.291 e. The van der Waals surface area contributed by atoms with Gasteiger partial charge in [-0.3, -0.25) is 9.52 Å². The van der Waals surface area contributed by atoms with Gasteiger partial charge in [-0.1, -0.05) is 41.4 Å². The van der Waals surface area contributed by atoms with Crippen molar-refractivity contribution in [1.82, 2.24) is 9.78 Å². The van der Waals surface area contributed by atoms with Gasteiger partial charge in [0, 0.05) is 5.69 Å². The van der Waals surface area contributed by atoms with Crippen LogP contribution in [0.5, 0.6) is 11.5 Å². The summed E-state index contributed by atoms with van der Waals surface area (Å²) in [4.78, 5) is 12.2. The minimum absolute atomic E-state index is 0.0129. The van der Waals surface area contributed by atoms with Crippen LogP contribution in [0.15, 0.2) is 94.7 Å². The third-order valence-corrected chi connectivity index (χ3v) is 6.50. The van der Waals surface area contributed by atoms with E-state index in [1.807, 2.05) is 30.3 Å². The Bertz CT molecular complexity index is 1410. The van der Waals surface area contributed by atoms with Gasteiger partial charge < -0.3 is 4.74 Å². The molecular formula is C22H15Cl2N3O4S. The van der Waals surface area contributed by atoms with Crippen LogP contribution in [0.1, 0.15) is 0 Å². The van der Waals surface area contributed by atoms with E-state index in [4.69, 9.17) is 27.9 Å². The van der Waals surface area contributed by atoms with Crippen LogP contribution in [0.2, 0.25) is 10.0 Å². The van der Waals surface area contributed by atoms with Crippen LogP contribution >= 0.6 is 23.2 Å². The molecule has 7 nitrogen and oxygen atoms in total. The lowest BCUT2D eigenvalue weighted by atomic mass is 10.3. The number of halogens is 2. The minimum atomic E-state index is -3.85. The summed E-state index contributed by atoms with van der Waals surface area (Å²) in [6.07, 6.45) is 1.24. The third-order valence-electron chi connectivity index (χ3n) is 4.35. The van der Waals surface area contributed by atoms with Gasteiger partial charge >= 0.3 is 0 Å². The monoisotopic (exact) mass is 487 g/mol. The predicted molar refractivity (Wildman–Crippen MR) is 124 cm³/mol. The summed E-state index contributed by atoms with van der Waals surface area (Å²) in [6.45, 7) is 0. The molecule has 0 atom stereocenters. The van der Waals surface area contributed by atoms with Crippen molar-refractivity contribution < 1.29 is 13.2 Å². The minimum Gasteiger partial charge on any atom is -0.457 e. The largest absolute Gasteiger partial charge is 0.457 e. The normalized spacial score (nSPS) is 11.2. The Morgan fingerprint density at radius 1 is 0.844 bits per heavy atom. The fourth-order valence-electron chi connectivity index (χ4n) is 2.79. The number of sulfonamides is 1. The maximum atomic E-state index is 12.7. The molecule has 0 saturated carbocycles. The number of para-hydroxylation sites is 1. The molecule has 4 aromatic rings. The highest BCUT2D eigenvalue weighted by Crippen LogP contribution is 2.24. The number of nitrogens with zero attached hydrogens (tertiary/aromatic N) is 2. The number of anilines is 1.